The molecule has 0 bridgehead atoms. The third-order valence-electron chi connectivity index (χ3n) is 4.34. The molecule has 0 aliphatic heterocycles. The number of benzene rings is 1. The van der Waals surface area contributed by atoms with E-state index < -0.39 is 5.41 Å². The Labute approximate surface area is 132 Å². The van der Waals surface area contributed by atoms with Gasteiger partial charge < -0.3 is 10.1 Å². The first-order valence-electron chi connectivity index (χ1n) is 8.21. The van der Waals surface area contributed by atoms with Crippen molar-refractivity contribution in [2.45, 2.75) is 57.5 Å². The van der Waals surface area contributed by atoms with Crippen molar-refractivity contribution in [2.75, 3.05) is 13.2 Å². The fourth-order valence-corrected chi connectivity index (χ4v) is 3.21. The van der Waals surface area contributed by atoms with E-state index in [1.165, 1.54) is 6.07 Å². The van der Waals surface area contributed by atoms with Gasteiger partial charge in [0.2, 0.25) is 5.91 Å². The maximum atomic E-state index is 14.2. The van der Waals surface area contributed by atoms with Gasteiger partial charge in [0.1, 0.15) is 5.82 Å². The Balaban J connectivity index is 1.99. The number of ether oxygens (including phenoxy) is 1. The van der Waals surface area contributed by atoms with Crippen LogP contribution < -0.4 is 5.32 Å². The number of amides is 1. The molecule has 0 heterocycles. The van der Waals surface area contributed by atoms with E-state index >= 15 is 0 Å². The van der Waals surface area contributed by atoms with Gasteiger partial charge in [0.25, 0.3) is 0 Å². The van der Waals surface area contributed by atoms with Gasteiger partial charge >= 0.3 is 0 Å². The second kappa shape index (κ2) is 7.73. The van der Waals surface area contributed by atoms with Crippen molar-refractivity contribution < 1.29 is 13.9 Å². The van der Waals surface area contributed by atoms with Crippen LogP contribution in [0.15, 0.2) is 24.3 Å². The van der Waals surface area contributed by atoms with Gasteiger partial charge in [-0.15, -0.1) is 0 Å². The number of nitrogens with one attached hydrogen (secondary N) is 1. The molecule has 1 aliphatic carbocycles. The van der Waals surface area contributed by atoms with Crippen molar-refractivity contribution in [3.8, 4) is 0 Å². The molecule has 122 valence electrons. The third kappa shape index (κ3) is 3.86. The zero-order valence-electron chi connectivity index (χ0n) is 13.5. The van der Waals surface area contributed by atoms with Crippen LogP contribution in [0.1, 0.15) is 51.5 Å². The number of halogens is 1. The molecule has 1 aromatic rings. The fraction of sp³-hybridized carbons (Fsp3) is 0.611. The van der Waals surface area contributed by atoms with Crippen molar-refractivity contribution in [3.05, 3.63) is 35.6 Å². The smallest absolute Gasteiger partial charge is 0.230 e. The molecule has 0 aromatic heterocycles. The van der Waals surface area contributed by atoms with Crippen molar-refractivity contribution in [1.82, 2.24) is 5.32 Å². The molecule has 0 unspecified atom stereocenters. The Morgan fingerprint density at radius 2 is 2.00 bits per heavy atom. The second-order valence-corrected chi connectivity index (χ2v) is 6.30. The molecule has 2 rings (SSSR count). The van der Waals surface area contributed by atoms with E-state index in [1.807, 2.05) is 19.9 Å². The van der Waals surface area contributed by atoms with Gasteiger partial charge in [-0.1, -0.05) is 31.0 Å². The highest BCUT2D eigenvalue weighted by atomic mass is 19.1. The molecule has 1 amide bonds. The first-order valence-corrected chi connectivity index (χ1v) is 8.21. The van der Waals surface area contributed by atoms with Crippen molar-refractivity contribution >= 4 is 5.91 Å². The summed E-state index contributed by atoms with van der Waals surface area (Å²) in [5, 5.41) is 2.98. The van der Waals surface area contributed by atoms with Crippen LogP contribution in [0.25, 0.3) is 0 Å². The van der Waals surface area contributed by atoms with Crippen LogP contribution in [0.2, 0.25) is 0 Å². The lowest BCUT2D eigenvalue weighted by atomic mass is 9.77. The lowest BCUT2D eigenvalue weighted by molar-refractivity contribution is -0.126. The van der Waals surface area contributed by atoms with Gasteiger partial charge in [-0.05, 0) is 39.2 Å². The van der Waals surface area contributed by atoms with Gasteiger partial charge in [0.15, 0.2) is 0 Å². The van der Waals surface area contributed by atoms with E-state index in [1.54, 1.807) is 12.1 Å². The molecular formula is C18H26FNO2. The number of hydrogen-bond donors (Lipinski definition) is 1. The second-order valence-electron chi connectivity index (χ2n) is 6.30. The standard InChI is InChI=1S/C18H26FNO2/c1-14(2)22-13-7-12-20-17(21)18(10-5-6-11-18)15-8-3-4-9-16(15)19/h3-4,8-9,14H,5-7,10-13H2,1-2H3,(H,20,21). The first kappa shape index (κ1) is 16.9. The summed E-state index contributed by atoms with van der Waals surface area (Å²) >= 11 is 0. The largest absolute Gasteiger partial charge is 0.379 e. The third-order valence-corrected chi connectivity index (χ3v) is 4.34. The molecule has 1 saturated carbocycles. The van der Waals surface area contributed by atoms with Gasteiger partial charge in [-0.25, -0.2) is 4.39 Å². The SMILES string of the molecule is CC(C)OCCCNC(=O)C1(c2ccccc2F)CCCC1. The summed E-state index contributed by atoms with van der Waals surface area (Å²) in [6, 6.07) is 6.67. The summed E-state index contributed by atoms with van der Waals surface area (Å²) in [5.41, 5.74) is -0.145. The van der Waals surface area contributed by atoms with E-state index in [-0.39, 0.29) is 17.8 Å². The molecule has 1 N–H and O–H groups in total. The normalized spacial score (nSPS) is 16.9. The Morgan fingerprint density at radius 3 is 2.64 bits per heavy atom. The Morgan fingerprint density at radius 1 is 1.32 bits per heavy atom. The summed E-state index contributed by atoms with van der Waals surface area (Å²) in [5.74, 6) is -0.317. The zero-order chi connectivity index (χ0) is 16.0. The number of carbonyl (C=O) groups excluding carboxylic acids is 1. The molecule has 0 atom stereocenters. The highest BCUT2D eigenvalue weighted by Gasteiger charge is 2.44. The van der Waals surface area contributed by atoms with E-state index in [9.17, 15) is 9.18 Å². The van der Waals surface area contributed by atoms with Gasteiger partial charge in [-0.3, -0.25) is 4.79 Å². The van der Waals surface area contributed by atoms with Crippen LogP contribution in [0.4, 0.5) is 4.39 Å². The predicted molar refractivity (Wildman–Crippen MR) is 85.3 cm³/mol. The maximum Gasteiger partial charge on any atom is 0.230 e. The van der Waals surface area contributed by atoms with E-state index in [0.29, 0.717) is 18.7 Å². The van der Waals surface area contributed by atoms with E-state index in [2.05, 4.69) is 5.32 Å². The van der Waals surface area contributed by atoms with Gasteiger partial charge in [0, 0.05) is 18.7 Å². The monoisotopic (exact) mass is 307 g/mol. The minimum atomic E-state index is -0.690. The molecule has 22 heavy (non-hydrogen) atoms. The van der Waals surface area contributed by atoms with Crippen molar-refractivity contribution in [2.24, 2.45) is 0 Å². The molecule has 4 heteroatoms. The van der Waals surface area contributed by atoms with Crippen LogP contribution >= 0.6 is 0 Å². The van der Waals surface area contributed by atoms with Gasteiger partial charge in [0.05, 0.1) is 11.5 Å². The molecule has 0 radical (unpaired) electrons. The van der Waals surface area contributed by atoms with Crippen LogP contribution in [0.3, 0.4) is 0 Å². The molecule has 0 saturated heterocycles. The highest BCUT2D eigenvalue weighted by molar-refractivity contribution is 5.88. The summed E-state index contributed by atoms with van der Waals surface area (Å²) in [6.45, 7) is 5.18. The quantitative estimate of drug-likeness (QED) is 0.782. The Bertz CT molecular complexity index is 496. The molecule has 1 aliphatic rings. The summed E-state index contributed by atoms with van der Waals surface area (Å²) < 4.78 is 19.6. The number of rotatable bonds is 7. The number of hydrogen-bond acceptors (Lipinski definition) is 2. The lowest BCUT2D eigenvalue weighted by Crippen LogP contribution is -2.43. The van der Waals surface area contributed by atoms with Gasteiger partial charge in [-0.2, -0.15) is 0 Å². The minimum absolute atomic E-state index is 0.0420. The molecule has 1 aromatic carbocycles. The topological polar surface area (TPSA) is 38.3 Å². The first-order chi connectivity index (χ1) is 10.6. The minimum Gasteiger partial charge on any atom is -0.379 e. The average Bonchev–Trinajstić information content (AvgIpc) is 2.97. The van der Waals surface area contributed by atoms with Crippen molar-refractivity contribution in [1.29, 1.82) is 0 Å². The lowest BCUT2D eigenvalue weighted by Gasteiger charge is -2.28. The Kier molecular flexibility index (Phi) is 5.95. The fourth-order valence-electron chi connectivity index (χ4n) is 3.21. The van der Waals surface area contributed by atoms with Crippen LogP contribution in [-0.2, 0) is 14.9 Å². The molecule has 0 spiro atoms. The van der Waals surface area contributed by atoms with Crippen LogP contribution in [-0.4, -0.2) is 25.2 Å². The van der Waals surface area contributed by atoms with Crippen LogP contribution in [0, 0.1) is 5.82 Å². The summed E-state index contributed by atoms with van der Waals surface area (Å²) in [4.78, 5) is 12.7. The summed E-state index contributed by atoms with van der Waals surface area (Å²) in [6.07, 6.45) is 4.37. The predicted octanol–water partition coefficient (Wildman–Crippen LogP) is 3.57. The van der Waals surface area contributed by atoms with Crippen LogP contribution in [0.5, 0.6) is 0 Å². The Hall–Kier alpha value is -1.42. The highest BCUT2D eigenvalue weighted by Crippen LogP contribution is 2.42. The summed E-state index contributed by atoms with van der Waals surface area (Å²) in [7, 11) is 0. The van der Waals surface area contributed by atoms with E-state index in [4.69, 9.17) is 4.74 Å². The molecule has 1 fully saturated rings. The maximum absolute atomic E-state index is 14.2. The van der Waals surface area contributed by atoms with Crippen molar-refractivity contribution in [3.63, 3.8) is 0 Å². The van der Waals surface area contributed by atoms with E-state index in [0.717, 1.165) is 32.1 Å². The average molecular weight is 307 g/mol. The number of carbonyl (C=O) groups is 1. The molecule has 3 nitrogen and oxygen atoms in total. The zero-order valence-corrected chi connectivity index (χ0v) is 13.5. The molecular weight excluding hydrogens is 281 g/mol.